The largest absolute Gasteiger partial charge is 0.480 e. The van der Waals surface area contributed by atoms with E-state index in [1.54, 1.807) is 20.9 Å². The molecule has 0 aromatic rings. The minimum absolute atomic E-state index is 0.0138. The van der Waals surface area contributed by atoms with E-state index in [1.807, 2.05) is 13.8 Å². The molecule has 0 aromatic heterocycles. The summed E-state index contributed by atoms with van der Waals surface area (Å²) in [5.41, 5.74) is -1.34. The number of carbonyl (C=O) groups excluding carboxylic acids is 1. The van der Waals surface area contributed by atoms with Crippen LogP contribution in [0.1, 0.15) is 27.7 Å². The van der Waals surface area contributed by atoms with Crippen molar-refractivity contribution in [1.82, 2.24) is 15.5 Å². The number of hydrogen-bond donors (Lipinski definition) is 5. The summed E-state index contributed by atoms with van der Waals surface area (Å²) in [5, 5.41) is 34.0. The van der Waals surface area contributed by atoms with Crippen LogP contribution in [0.5, 0.6) is 0 Å². The van der Waals surface area contributed by atoms with Gasteiger partial charge in [0, 0.05) is 18.6 Å². The molecule has 11 nitrogen and oxygen atoms in total. The van der Waals surface area contributed by atoms with Gasteiger partial charge in [-0.15, -0.1) is 0 Å². The third kappa shape index (κ3) is 14.8. The molecule has 0 aliphatic heterocycles. The third-order valence-corrected chi connectivity index (χ3v) is 4.87. The highest BCUT2D eigenvalue weighted by Crippen LogP contribution is 2.09. The number of hydrogen-bond acceptors (Lipinski definition) is 10. The Hall–Kier alpha value is -1.18. The Morgan fingerprint density at radius 3 is 2.06 bits per heavy atom. The summed E-state index contributed by atoms with van der Waals surface area (Å²) in [4.78, 5) is 24.5. The quantitative estimate of drug-likeness (QED) is 0.129. The maximum Gasteiger partial charge on any atom is 0.317 e. The molecule has 32 heavy (non-hydrogen) atoms. The lowest BCUT2D eigenvalue weighted by Crippen LogP contribution is -2.52. The van der Waals surface area contributed by atoms with Crippen LogP contribution in [0.2, 0.25) is 0 Å². The number of carboxylic acids is 1. The van der Waals surface area contributed by atoms with E-state index in [2.05, 4.69) is 10.6 Å². The monoisotopic (exact) mass is 465 g/mol. The lowest BCUT2D eigenvalue weighted by molar-refractivity contribution is -0.138. The molecule has 190 valence electrons. The van der Waals surface area contributed by atoms with Crippen LogP contribution in [0.15, 0.2) is 0 Å². The predicted octanol–water partition coefficient (Wildman–Crippen LogP) is -1.29. The topological polar surface area (TPSA) is 150 Å². The minimum atomic E-state index is -0.974. The summed E-state index contributed by atoms with van der Waals surface area (Å²) < 4.78 is 16.2. The maximum absolute atomic E-state index is 12.3. The van der Waals surface area contributed by atoms with Gasteiger partial charge in [0.2, 0.25) is 0 Å². The highest BCUT2D eigenvalue weighted by molar-refractivity contribution is 5.89. The van der Waals surface area contributed by atoms with E-state index in [0.717, 1.165) is 0 Å². The summed E-state index contributed by atoms with van der Waals surface area (Å²) in [7, 11) is 1.59. The Kier molecular flexibility index (Phi) is 15.8. The van der Waals surface area contributed by atoms with Crippen LogP contribution in [0, 0.1) is 0 Å². The van der Waals surface area contributed by atoms with Crippen molar-refractivity contribution in [3.8, 4) is 0 Å². The van der Waals surface area contributed by atoms with Crippen LogP contribution in [0.4, 0.5) is 0 Å². The smallest absolute Gasteiger partial charge is 0.317 e. The fourth-order valence-corrected chi connectivity index (χ4v) is 2.62. The zero-order valence-electron chi connectivity index (χ0n) is 20.2. The number of carbonyl (C=O) groups is 2. The van der Waals surface area contributed by atoms with Crippen LogP contribution in [0.3, 0.4) is 0 Å². The first-order chi connectivity index (χ1) is 14.9. The first-order valence-electron chi connectivity index (χ1n) is 10.9. The number of ketones is 1. The molecule has 0 fully saturated rings. The van der Waals surface area contributed by atoms with Crippen molar-refractivity contribution in [1.29, 1.82) is 0 Å². The molecule has 5 N–H and O–H groups in total. The molecule has 1 unspecified atom stereocenters. The fraction of sp³-hybridized carbons (Fsp3) is 0.905. The number of carboxylic acid groups (broad SMARTS) is 1. The third-order valence-electron chi connectivity index (χ3n) is 4.87. The molecule has 0 saturated carbocycles. The molecule has 11 heteroatoms. The van der Waals surface area contributed by atoms with E-state index in [1.165, 1.54) is 4.90 Å². The van der Waals surface area contributed by atoms with Gasteiger partial charge < -0.3 is 40.2 Å². The Bertz CT molecular complexity index is 531. The number of Topliss-reactive ketones (excluding diaryl/α,β-unsaturated/α-hetero) is 1. The molecule has 0 aliphatic carbocycles. The predicted molar refractivity (Wildman–Crippen MR) is 120 cm³/mol. The van der Waals surface area contributed by atoms with Crippen molar-refractivity contribution in [2.75, 3.05) is 79.5 Å². The van der Waals surface area contributed by atoms with Gasteiger partial charge in [0.1, 0.15) is 0 Å². The highest BCUT2D eigenvalue weighted by Gasteiger charge is 2.28. The van der Waals surface area contributed by atoms with E-state index < -0.39 is 23.2 Å². The van der Waals surface area contributed by atoms with Gasteiger partial charge in [-0.25, -0.2) is 0 Å². The van der Waals surface area contributed by atoms with Crippen LogP contribution in [-0.4, -0.2) is 129 Å². The Morgan fingerprint density at radius 1 is 0.906 bits per heavy atom. The molecule has 0 aromatic carbocycles. The van der Waals surface area contributed by atoms with Gasteiger partial charge in [0.25, 0.3) is 0 Å². The summed E-state index contributed by atoms with van der Waals surface area (Å²) in [5.74, 6) is -1.08. The zero-order valence-corrected chi connectivity index (χ0v) is 20.2. The standard InChI is InChI=1S/C21H43N3O8/c1-20(2,17(26)14-24(5)15-19(28)29)22-7-10-31-12-13-32-16-18(27)21(3,4)23-6-9-30-11-8-25/h18,22-23,25,27H,6-16H2,1-5H3,(H,28,29). The number of aliphatic hydroxyl groups is 2. The number of likely N-dealkylation sites (N-methyl/N-ethyl adjacent to an activating group) is 1. The summed E-state index contributed by atoms with van der Waals surface area (Å²) in [6, 6.07) is 0. The van der Waals surface area contributed by atoms with Gasteiger partial charge in [0.05, 0.1) is 71.0 Å². The van der Waals surface area contributed by atoms with Crippen LogP contribution in [-0.2, 0) is 23.8 Å². The van der Waals surface area contributed by atoms with Crippen molar-refractivity contribution >= 4 is 11.8 Å². The van der Waals surface area contributed by atoms with E-state index >= 15 is 0 Å². The summed E-state index contributed by atoms with van der Waals surface area (Å²) in [6.07, 6.45) is -0.715. The van der Waals surface area contributed by atoms with Crippen molar-refractivity contribution in [3.05, 3.63) is 0 Å². The van der Waals surface area contributed by atoms with E-state index in [9.17, 15) is 14.7 Å². The maximum atomic E-state index is 12.3. The lowest BCUT2D eigenvalue weighted by Gasteiger charge is -2.31. The molecule has 0 heterocycles. The van der Waals surface area contributed by atoms with Gasteiger partial charge in [-0.2, -0.15) is 0 Å². The first kappa shape index (κ1) is 30.8. The summed E-state index contributed by atoms with van der Waals surface area (Å²) in [6.45, 7) is 10.1. The number of nitrogens with zero attached hydrogens (tertiary/aromatic N) is 1. The van der Waals surface area contributed by atoms with Crippen LogP contribution >= 0.6 is 0 Å². The molecule has 0 radical (unpaired) electrons. The van der Waals surface area contributed by atoms with Crippen LogP contribution < -0.4 is 10.6 Å². The number of ether oxygens (including phenoxy) is 3. The van der Waals surface area contributed by atoms with E-state index in [4.69, 9.17) is 24.4 Å². The number of nitrogens with one attached hydrogen (secondary N) is 2. The second-order valence-electron chi connectivity index (χ2n) is 8.73. The Labute approximate surface area is 191 Å². The average Bonchev–Trinajstić information content (AvgIpc) is 2.68. The SMILES string of the molecule is CN(CC(=O)O)CC(=O)C(C)(C)NCCOCCOCC(O)C(C)(C)NCCOCCO. The number of aliphatic hydroxyl groups excluding tert-OH is 2. The summed E-state index contributed by atoms with van der Waals surface area (Å²) >= 11 is 0. The van der Waals surface area contributed by atoms with Crippen molar-refractivity contribution < 1.29 is 39.1 Å². The van der Waals surface area contributed by atoms with Crippen molar-refractivity contribution in [3.63, 3.8) is 0 Å². The lowest BCUT2D eigenvalue weighted by atomic mass is 9.98. The number of rotatable bonds is 21. The molecule has 0 saturated heterocycles. The molecule has 1 atom stereocenters. The van der Waals surface area contributed by atoms with Crippen LogP contribution in [0.25, 0.3) is 0 Å². The minimum Gasteiger partial charge on any atom is -0.480 e. The van der Waals surface area contributed by atoms with Gasteiger partial charge in [-0.3, -0.25) is 14.5 Å². The molecular weight excluding hydrogens is 422 g/mol. The molecule has 0 rings (SSSR count). The van der Waals surface area contributed by atoms with E-state index in [0.29, 0.717) is 46.1 Å². The van der Waals surface area contributed by atoms with Gasteiger partial charge in [0.15, 0.2) is 5.78 Å². The highest BCUT2D eigenvalue weighted by atomic mass is 16.5. The fourth-order valence-electron chi connectivity index (χ4n) is 2.62. The average molecular weight is 466 g/mol. The second kappa shape index (κ2) is 16.4. The molecule has 0 aliphatic rings. The van der Waals surface area contributed by atoms with Crippen molar-refractivity contribution in [2.24, 2.45) is 0 Å². The van der Waals surface area contributed by atoms with Gasteiger partial charge in [-0.05, 0) is 34.7 Å². The zero-order chi connectivity index (χ0) is 24.6. The second-order valence-corrected chi connectivity index (χ2v) is 8.73. The Balaban J connectivity index is 3.89. The number of aliphatic carboxylic acids is 1. The molecular formula is C21H43N3O8. The van der Waals surface area contributed by atoms with E-state index in [-0.39, 0.29) is 32.1 Å². The molecule has 0 spiro atoms. The molecule has 0 amide bonds. The van der Waals surface area contributed by atoms with Gasteiger partial charge in [-0.1, -0.05) is 0 Å². The molecule has 0 bridgehead atoms. The first-order valence-corrected chi connectivity index (χ1v) is 10.9. The van der Waals surface area contributed by atoms with Gasteiger partial charge >= 0.3 is 5.97 Å². The van der Waals surface area contributed by atoms with Crippen molar-refractivity contribution in [2.45, 2.75) is 44.9 Å². The Morgan fingerprint density at radius 2 is 1.47 bits per heavy atom. The normalized spacial score (nSPS) is 13.5.